The maximum atomic E-state index is 12.2. The highest BCUT2D eigenvalue weighted by Crippen LogP contribution is 2.29. The van der Waals surface area contributed by atoms with Crippen molar-refractivity contribution in [3.05, 3.63) is 79.6 Å². The minimum atomic E-state index is -0.415. The van der Waals surface area contributed by atoms with Crippen LogP contribution in [0.3, 0.4) is 0 Å². The first-order valence-electron chi connectivity index (χ1n) is 8.68. The number of hydrogen-bond donors (Lipinski definition) is 2. The van der Waals surface area contributed by atoms with Crippen molar-refractivity contribution in [2.24, 2.45) is 5.10 Å². The Balaban J connectivity index is 1.57. The van der Waals surface area contributed by atoms with Crippen LogP contribution in [0.4, 0.5) is 5.00 Å². The Bertz CT molecular complexity index is 1150. The molecule has 0 bridgehead atoms. The summed E-state index contributed by atoms with van der Waals surface area (Å²) in [6, 6.07) is 14.4. The average molecular weight is 459 g/mol. The van der Waals surface area contributed by atoms with Gasteiger partial charge in [0.1, 0.15) is 28.3 Å². The lowest BCUT2D eigenvalue weighted by Crippen LogP contribution is -2.17. The van der Waals surface area contributed by atoms with E-state index < -0.39 is 5.91 Å². The van der Waals surface area contributed by atoms with E-state index in [0.29, 0.717) is 43.4 Å². The number of amides is 1. The summed E-state index contributed by atoms with van der Waals surface area (Å²) in [7, 11) is 0. The van der Waals surface area contributed by atoms with Crippen molar-refractivity contribution in [1.29, 1.82) is 5.26 Å². The second-order valence-electron chi connectivity index (χ2n) is 6.20. The van der Waals surface area contributed by atoms with Crippen LogP contribution in [-0.4, -0.2) is 12.1 Å². The van der Waals surface area contributed by atoms with Gasteiger partial charge in [-0.3, -0.25) is 4.79 Å². The van der Waals surface area contributed by atoms with Crippen LogP contribution in [0, 0.1) is 18.3 Å². The van der Waals surface area contributed by atoms with Crippen molar-refractivity contribution in [3.8, 4) is 11.8 Å². The summed E-state index contributed by atoms with van der Waals surface area (Å²) in [6.07, 6.45) is 1.51. The number of benzene rings is 2. The summed E-state index contributed by atoms with van der Waals surface area (Å²) < 4.78 is 5.73. The summed E-state index contributed by atoms with van der Waals surface area (Å²) in [5.41, 5.74) is 10.7. The number of carbonyl (C=O) groups is 1. The first kappa shape index (κ1) is 21.7. The lowest BCUT2D eigenvalue weighted by atomic mass is 10.2. The number of hydrogen-bond acceptors (Lipinski definition) is 6. The van der Waals surface area contributed by atoms with Crippen LogP contribution in [0.15, 0.2) is 47.6 Å². The summed E-state index contributed by atoms with van der Waals surface area (Å²) in [4.78, 5) is 12.6. The van der Waals surface area contributed by atoms with E-state index in [1.807, 2.05) is 12.1 Å². The number of rotatable bonds is 6. The van der Waals surface area contributed by atoms with Crippen LogP contribution in [-0.2, 0) is 6.61 Å². The van der Waals surface area contributed by atoms with Gasteiger partial charge in [0, 0.05) is 15.6 Å². The number of nitrogens with one attached hydrogen (secondary N) is 1. The quantitative estimate of drug-likeness (QED) is 0.393. The van der Waals surface area contributed by atoms with Crippen molar-refractivity contribution in [3.63, 3.8) is 0 Å². The highest BCUT2D eigenvalue weighted by atomic mass is 35.5. The normalized spacial score (nSPS) is 10.7. The van der Waals surface area contributed by atoms with Gasteiger partial charge in [0.25, 0.3) is 5.91 Å². The first-order valence-corrected chi connectivity index (χ1v) is 10.3. The third-order valence-corrected chi connectivity index (χ3v) is 5.87. The highest BCUT2D eigenvalue weighted by Gasteiger charge is 2.18. The smallest absolute Gasteiger partial charge is 0.281 e. The van der Waals surface area contributed by atoms with Crippen molar-refractivity contribution in [2.75, 3.05) is 5.73 Å². The Morgan fingerprint density at radius 3 is 2.67 bits per heavy atom. The largest absolute Gasteiger partial charge is 0.489 e. The number of halogens is 2. The van der Waals surface area contributed by atoms with E-state index >= 15 is 0 Å². The number of nitrogens with two attached hydrogens (primary N) is 1. The van der Waals surface area contributed by atoms with Gasteiger partial charge in [-0.1, -0.05) is 29.3 Å². The Morgan fingerprint density at radius 2 is 2.03 bits per heavy atom. The minimum Gasteiger partial charge on any atom is -0.489 e. The Labute approximate surface area is 187 Å². The molecule has 0 saturated carbocycles. The molecule has 0 aliphatic heterocycles. The predicted octanol–water partition coefficient (Wildman–Crippen LogP) is 5.16. The molecule has 3 aromatic rings. The van der Waals surface area contributed by atoms with Crippen LogP contribution >= 0.6 is 34.5 Å². The molecule has 1 amide bonds. The maximum absolute atomic E-state index is 12.2. The molecule has 6 nitrogen and oxygen atoms in total. The highest BCUT2D eigenvalue weighted by molar-refractivity contribution is 7.18. The fourth-order valence-corrected chi connectivity index (χ4v) is 3.93. The number of hydrazone groups is 1. The van der Waals surface area contributed by atoms with Gasteiger partial charge < -0.3 is 10.5 Å². The second kappa shape index (κ2) is 9.63. The molecule has 0 spiro atoms. The Hall–Kier alpha value is -3.05. The molecule has 0 atom stereocenters. The SMILES string of the molecule is Cc1c(C(=O)N/N=C/c2ccc(OCc3ccc(Cl)cc3Cl)cc2)sc(N)c1C#N. The monoisotopic (exact) mass is 458 g/mol. The molecule has 1 aromatic heterocycles. The van der Waals surface area contributed by atoms with Gasteiger partial charge in [0.15, 0.2) is 0 Å². The molecule has 0 aliphatic carbocycles. The van der Waals surface area contributed by atoms with Crippen molar-refractivity contribution < 1.29 is 9.53 Å². The van der Waals surface area contributed by atoms with Crippen molar-refractivity contribution in [2.45, 2.75) is 13.5 Å². The topological polar surface area (TPSA) is 100 Å². The summed E-state index contributed by atoms with van der Waals surface area (Å²) in [5.74, 6) is 0.248. The van der Waals surface area contributed by atoms with E-state index in [1.54, 1.807) is 43.3 Å². The number of nitriles is 1. The van der Waals surface area contributed by atoms with E-state index in [9.17, 15) is 4.79 Å². The number of ether oxygens (including phenoxy) is 1. The second-order valence-corrected chi connectivity index (χ2v) is 8.10. The summed E-state index contributed by atoms with van der Waals surface area (Å²) >= 11 is 13.1. The molecule has 1 heterocycles. The van der Waals surface area contributed by atoms with Crippen LogP contribution in [0.2, 0.25) is 10.0 Å². The van der Waals surface area contributed by atoms with Crippen molar-refractivity contribution in [1.82, 2.24) is 5.43 Å². The molecule has 3 N–H and O–H groups in total. The zero-order valence-corrected chi connectivity index (χ0v) is 18.1. The van der Waals surface area contributed by atoms with Crippen LogP contribution < -0.4 is 15.9 Å². The number of carbonyl (C=O) groups excluding carboxylic acids is 1. The Morgan fingerprint density at radius 1 is 1.30 bits per heavy atom. The van der Waals surface area contributed by atoms with Crippen LogP contribution in [0.5, 0.6) is 5.75 Å². The number of thiophene rings is 1. The average Bonchev–Trinajstić information content (AvgIpc) is 3.01. The molecular formula is C21H16Cl2N4O2S. The molecule has 0 fully saturated rings. The molecule has 3 rings (SSSR count). The summed E-state index contributed by atoms with van der Waals surface area (Å²) in [6.45, 7) is 1.99. The molecule has 9 heteroatoms. The molecular weight excluding hydrogens is 443 g/mol. The van der Waals surface area contributed by atoms with Gasteiger partial charge in [0.2, 0.25) is 0 Å². The number of anilines is 1. The van der Waals surface area contributed by atoms with Gasteiger partial charge in [-0.05, 0) is 54.4 Å². The first-order chi connectivity index (χ1) is 14.4. The fraction of sp³-hybridized carbons (Fsp3) is 0.0952. The molecule has 0 saturated heterocycles. The van der Waals surface area contributed by atoms with Crippen LogP contribution in [0.1, 0.15) is 31.9 Å². The number of nitrogens with zero attached hydrogens (tertiary/aromatic N) is 2. The zero-order chi connectivity index (χ0) is 21.7. The van der Waals surface area contributed by atoms with E-state index in [-0.39, 0.29) is 0 Å². The number of nitrogen functional groups attached to an aromatic ring is 1. The maximum Gasteiger partial charge on any atom is 0.281 e. The van der Waals surface area contributed by atoms with Gasteiger partial charge in [-0.25, -0.2) is 5.43 Å². The lowest BCUT2D eigenvalue weighted by molar-refractivity contribution is 0.0958. The molecule has 152 valence electrons. The van der Waals surface area contributed by atoms with Crippen LogP contribution in [0.25, 0.3) is 0 Å². The zero-order valence-electron chi connectivity index (χ0n) is 15.8. The van der Waals surface area contributed by atoms with Gasteiger partial charge >= 0.3 is 0 Å². The third kappa shape index (κ3) is 5.10. The van der Waals surface area contributed by atoms with E-state index in [2.05, 4.69) is 10.5 Å². The standard InChI is InChI=1S/C21H16Cl2N4O2S/c1-12-17(9-24)20(25)30-19(12)21(28)27-26-10-13-2-6-16(7-3-13)29-11-14-4-5-15(22)8-18(14)23/h2-8,10H,11,25H2,1H3,(H,27,28)/b26-10+. The van der Waals surface area contributed by atoms with E-state index in [0.717, 1.165) is 22.5 Å². The minimum absolute atomic E-state index is 0.313. The molecule has 2 aromatic carbocycles. The van der Waals surface area contributed by atoms with E-state index in [1.165, 1.54) is 6.21 Å². The Kier molecular flexibility index (Phi) is 6.95. The van der Waals surface area contributed by atoms with E-state index in [4.69, 9.17) is 38.9 Å². The molecule has 30 heavy (non-hydrogen) atoms. The molecule has 0 aliphatic rings. The van der Waals surface area contributed by atoms with Crippen molar-refractivity contribution >= 4 is 51.7 Å². The third-order valence-electron chi connectivity index (χ3n) is 4.16. The van der Waals surface area contributed by atoms with Gasteiger partial charge in [0.05, 0.1) is 11.8 Å². The predicted molar refractivity (Wildman–Crippen MR) is 120 cm³/mol. The lowest BCUT2D eigenvalue weighted by Gasteiger charge is -2.08. The van der Waals surface area contributed by atoms with Gasteiger partial charge in [-0.15, -0.1) is 11.3 Å². The molecule has 0 unspecified atom stereocenters. The fourth-order valence-electron chi connectivity index (χ4n) is 2.56. The summed E-state index contributed by atoms with van der Waals surface area (Å²) in [5, 5.41) is 14.5. The van der Waals surface area contributed by atoms with Gasteiger partial charge in [-0.2, -0.15) is 10.4 Å². The molecule has 0 radical (unpaired) electrons.